The molecular weight excluding hydrogens is 325 g/mol. The first-order chi connectivity index (χ1) is 9.56. The molecule has 1 aliphatic carbocycles. The Morgan fingerprint density at radius 1 is 1.25 bits per heavy atom. The average Bonchev–Trinajstić information content (AvgIpc) is 3.27. The molecule has 1 aromatic rings. The zero-order valence-corrected chi connectivity index (χ0v) is 12.7. The van der Waals surface area contributed by atoms with Gasteiger partial charge in [-0.2, -0.15) is 0 Å². The zero-order valence-electron chi connectivity index (χ0n) is 11.1. The Balaban J connectivity index is 1.71. The fraction of sp³-hybridized carbons (Fsp3) is 0.500. The summed E-state index contributed by atoms with van der Waals surface area (Å²) in [6.07, 6.45) is 2.57. The largest absolute Gasteiger partial charge is 0.396 e. The van der Waals surface area contributed by atoms with Crippen LogP contribution in [0.25, 0.3) is 0 Å². The van der Waals surface area contributed by atoms with Crippen molar-refractivity contribution in [1.29, 1.82) is 0 Å². The van der Waals surface area contributed by atoms with E-state index in [-0.39, 0.29) is 11.6 Å². The number of carbonyl (C=O) groups is 1. The molecule has 1 aromatic carbocycles. The zero-order chi connectivity index (χ0) is 14.3. The Morgan fingerprint density at radius 3 is 2.50 bits per heavy atom. The van der Waals surface area contributed by atoms with E-state index in [1.165, 1.54) is 25.0 Å². The van der Waals surface area contributed by atoms with Gasteiger partial charge < -0.3 is 10.6 Å². The minimum absolute atomic E-state index is 0.00756. The van der Waals surface area contributed by atoms with Crippen molar-refractivity contribution in [1.82, 2.24) is 9.80 Å². The number of nitrogens with two attached hydrogens (primary N) is 1. The van der Waals surface area contributed by atoms with Gasteiger partial charge in [0.25, 0.3) is 5.91 Å². The summed E-state index contributed by atoms with van der Waals surface area (Å²) in [4.78, 5) is 16.7. The summed E-state index contributed by atoms with van der Waals surface area (Å²) >= 11 is 3.24. The number of nitrogen functional groups attached to an aromatic ring is 1. The molecule has 1 heterocycles. The molecule has 1 aliphatic heterocycles. The molecule has 1 saturated heterocycles. The van der Waals surface area contributed by atoms with E-state index in [1.807, 2.05) is 4.90 Å². The van der Waals surface area contributed by atoms with Crippen LogP contribution in [0, 0.1) is 5.82 Å². The Hall–Kier alpha value is -1.14. The van der Waals surface area contributed by atoms with Crippen LogP contribution in [0.1, 0.15) is 23.2 Å². The summed E-state index contributed by atoms with van der Waals surface area (Å²) in [6, 6.07) is 3.40. The average molecular weight is 342 g/mol. The van der Waals surface area contributed by atoms with E-state index in [9.17, 15) is 9.18 Å². The number of halogens is 2. The molecule has 108 valence electrons. The van der Waals surface area contributed by atoms with Gasteiger partial charge in [0.2, 0.25) is 0 Å². The first-order valence-electron chi connectivity index (χ1n) is 6.84. The second-order valence-corrected chi connectivity index (χ2v) is 6.27. The lowest BCUT2D eigenvalue weighted by molar-refractivity contribution is 0.0626. The number of nitrogens with zero attached hydrogens (tertiary/aromatic N) is 2. The topological polar surface area (TPSA) is 49.6 Å². The third kappa shape index (κ3) is 2.67. The van der Waals surface area contributed by atoms with Crippen LogP contribution in [0.4, 0.5) is 10.1 Å². The maximum Gasteiger partial charge on any atom is 0.255 e. The molecule has 2 fully saturated rings. The van der Waals surface area contributed by atoms with Crippen LogP contribution < -0.4 is 5.73 Å². The van der Waals surface area contributed by atoms with Crippen LogP contribution >= 0.6 is 15.9 Å². The van der Waals surface area contributed by atoms with Gasteiger partial charge in [-0.15, -0.1) is 0 Å². The molecule has 0 bridgehead atoms. The monoisotopic (exact) mass is 341 g/mol. The quantitative estimate of drug-likeness (QED) is 0.838. The van der Waals surface area contributed by atoms with E-state index in [1.54, 1.807) is 0 Å². The molecule has 6 heteroatoms. The minimum atomic E-state index is -0.507. The summed E-state index contributed by atoms with van der Waals surface area (Å²) in [5.74, 6) is -0.592. The van der Waals surface area contributed by atoms with E-state index >= 15 is 0 Å². The van der Waals surface area contributed by atoms with Gasteiger partial charge in [0.1, 0.15) is 5.82 Å². The van der Waals surface area contributed by atoms with Crippen molar-refractivity contribution in [2.45, 2.75) is 18.9 Å². The fourth-order valence-electron chi connectivity index (χ4n) is 2.63. The molecular formula is C14H17BrFN3O. The number of hydrogen-bond acceptors (Lipinski definition) is 3. The molecule has 1 saturated carbocycles. The molecule has 0 atom stereocenters. The second kappa shape index (κ2) is 5.33. The Labute approximate surface area is 125 Å². The molecule has 2 N–H and O–H groups in total. The highest BCUT2D eigenvalue weighted by molar-refractivity contribution is 9.10. The predicted octanol–water partition coefficient (Wildman–Crippen LogP) is 2.09. The van der Waals surface area contributed by atoms with Crippen molar-refractivity contribution in [2.75, 3.05) is 31.9 Å². The first-order valence-corrected chi connectivity index (χ1v) is 7.63. The molecule has 3 rings (SSSR count). The maximum absolute atomic E-state index is 13.3. The number of piperazine rings is 1. The van der Waals surface area contributed by atoms with Gasteiger partial charge in [0.15, 0.2) is 0 Å². The summed E-state index contributed by atoms with van der Waals surface area (Å²) in [6.45, 7) is 3.29. The van der Waals surface area contributed by atoms with E-state index < -0.39 is 5.82 Å². The SMILES string of the molecule is Nc1cc(C(=O)N2CCN(C3CC3)CC2)c(Br)cc1F. The van der Waals surface area contributed by atoms with Crippen molar-refractivity contribution in [3.05, 3.63) is 28.0 Å². The summed E-state index contributed by atoms with van der Waals surface area (Å²) in [5, 5.41) is 0. The van der Waals surface area contributed by atoms with Gasteiger partial charge in [-0.3, -0.25) is 9.69 Å². The van der Waals surface area contributed by atoms with E-state index in [0.29, 0.717) is 10.0 Å². The lowest BCUT2D eigenvalue weighted by Gasteiger charge is -2.35. The van der Waals surface area contributed by atoms with Crippen LogP contribution in [0.2, 0.25) is 0 Å². The number of rotatable bonds is 2. The maximum atomic E-state index is 13.3. The van der Waals surface area contributed by atoms with Gasteiger partial charge in [0.05, 0.1) is 11.3 Å². The van der Waals surface area contributed by atoms with Gasteiger partial charge in [0, 0.05) is 36.7 Å². The van der Waals surface area contributed by atoms with E-state index in [4.69, 9.17) is 5.73 Å². The van der Waals surface area contributed by atoms with E-state index in [0.717, 1.165) is 32.2 Å². The highest BCUT2D eigenvalue weighted by Crippen LogP contribution is 2.28. The highest BCUT2D eigenvalue weighted by Gasteiger charge is 2.32. The number of amides is 1. The molecule has 4 nitrogen and oxygen atoms in total. The summed E-state index contributed by atoms with van der Waals surface area (Å²) in [5.41, 5.74) is 5.99. The summed E-state index contributed by atoms with van der Waals surface area (Å²) < 4.78 is 13.8. The smallest absolute Gasteiger partial charge is 0.255 e. The summed E-state index contributed by atoms with van der Waals surface area (Å²) in [7, 11) is 0. The second-order valence-electron chi connectivity index (χ2n) is 5.41. The van der Waals surface area contributed by atoms with Crippen molar-refractivity contribution in [2.24, 2.45) is 0 Å². The molecule has 1 amide bonds. The number of anilines is 1. The highest BCUT2D eigenvalue weighted by atomic mass is 79.9. The van der Waals surface area contributed by atoms with Crippen molar-refractivity contribution in [3.8, 4) is 0 Å². The fourth-order valence-corrected chi connectivity index (χ4v) is 3.11. The van der Waals surface area contributed by atoms with Crippen LogP contribution in [0.15, 0.2) is 16.6 Å². The van der Waals surface area contributed by atoms with Crippen molar-refractivity contribution < 1.29 is 9.18 Å². The Morgan fingerprint density at radius 2 is 1.90 bits per heavy atom. The molecule has 0 unspecified atom stereocenters. The minimum Gasteiger partial charge on any atom is -0.396 e. The van der Waals surface area contributed by atoms with Crippen LogP contribution in [0.5, 0.6) is 0 Å². The standard InChI is InChI=1S/C14H17BrFN3O/c15-11-8-12(16)13(17)7-10(11)14(20)19-5-3-18(4-6-19)9-1-2-9/h7-9H,1-6,17H2. The van der Waals surface area contributed by atoms with Crippen molar-refractivity contribution in [3.63, 3.8) is 0 Å². The van der Waals surface area contributed by atoms with E-state index in [2.05, 4.69) is 20.8 Å². The molecule has 2 aliphatic rings. The number of carbonyl (C=O) groups excluding carboxylic acids is 1. The van der Waals surface area contributed by atoms with Gasteiger partial charge in [-0.05, 0) is 40.9 Å². The molecule has 0 aromatic heterocycles. The third-order valence-corrected chi connectivity index (χ3v) is 4.64. The number of benzene rings is 1. The third-order valence-electron chi connectivity index (χ3n) is 3.98. The van der Waals surface area contributed by atoms with Crippen molar-refractivity contribution >= 4 is 27.5 Å². The van der Waals surface area contributed by atoms with Gasteiger partial charge >= 0.3 is 0 Å². The first kappa shape index (κ1) is 13.8. The normalized spacial score (nSPS) is 20.2. The van der Waals surface area contributed by atoms with Crippen LogP contribution in [-0.4, -0.2) is 47.9 Å². The lowest BCUT2D eigenvalue weighted by atomic mass is 10.1. The van der Waals surface area contributed by atoms with Gasteiger partial charge in [-0.1, -0.05) is 0 Å². The molecule has 0 spiro atoms. The lowest BCUT2D eigenvalue weighted by Crippen LogP contribution is -2.49. The number of hydrogen-bond donors (Lipinski definition) is 1. The van der Waals surface area contributed by atoms with Crippen LogP contribution in [0.3, 0.4) is 0 Å². The van der Waals surface area contributed by atoms with Crippen LogP contribution in [-0.2, 0) is 0 Å². The Bertz CT molecular complexity index is 539. The predicted molar refractivity (Wildman–Crippen MR) is 79.0 cm³/mol. The Kier molecular flexibility index (Phi) is 3.69. The van der Waals surface area contributed by atoms with Gasteiger partial charge in [-0.25, -0.2) is 4.39 Å². The molecule has 20 heavy (non-hydrogen) atoms. The molecule has 0 radical (unpaired) electrons.